The molecular weight excluding hydrogens is 344 g/mol. The van der Waals surface area contributed by atoms with Gasteiger partial charge in [0, 0.05) is 0 Å². The highest BCUT2D eigenvalue weighted by atomic mass is 32.2. The molecule has 2 rings (SSSR count). The third kappa shape index (κ3) is 4.61. The maximum Gasteiger partial charge on any atom is 0.163 e. The summed E-state index contributed by atoms with van der Waals surface area (Å²) in [5, 5.41) is 28.0. The first-order chi connectivity index (χ1) is 11.8. The van der Waals surface area contributed by atoms with Crippen LogP contribution < -0.4 is 0 Å². The van der Waals surface area contributed by atoms with E-state index in [0.717, 1.165) is 5.57 Å². The van der Waals surface area contributed by atoms with Gasteiger partial charge in [-0.05, 0) is 50.0 Å². The van der Waals surface area contributed by atoms with Gasteiger partial charge in [-0.15, -0.1) is 0 Å². The van der Waals surface area contributed by atoms with E-state index in [1.165, 1.54) is 0 Å². The predicted octanol–water partition coefficient (Wildman–Crippen LogP) is 1.81. The summed E-state index contributed by atoms with van der Waals surface area (Å²) in [5.41, 5.74) is 2.16. The van der Waals surface area contributed by atoms with Gasteiger partial charge in [0.25, 0.3) is 0 Å². The lowest BCUT2D eigenvalue weighted by molar-refractivity contribution is 0.188. The average Bonchev–Trinajstić information content (AvgIpc) is 3.13. The summed E-state index contributed by atoms with van der Waals surface area (Å²) in [7, 11) is -3.42. The van der Waals surface area contributed by atoms with E-state index >= 15 is 0 Å². The van der Waals surface area contributed by atoms with Crippen molar-refractivity contribution in [1.82, 2.24) is 0 Å². The molecule has 0 aliphatic carbocycles. The minimum absolute atomic E-state index is 0.0771. The van der Waals surface area contributed by atoms with Crippen molar-refractivity contribution in [2.24, 2.45) is 0 Å². The fourth-order valence-corrected chi connectivity index (χ4v) is 5.20. The van der Waals surface area contributed by atoms with E-state index in [0.29, 0.717) is 41.9 Å². The van der Waals surface area contributed by atoms with E-state index in [9.17, 15) is 18.6 Å². The van der Waals surface area contributed by atoms with Gasteiger partial charge in [0.1, 0.15) is 23.4 Å². The van der Waals surface area contributed by atoms with Crippen LogP contribution in [0.3, 0.4) is 0 Å². The fourth-order valence-electron chi connectivity index (χ4n) is 3.21. The summed E-state index contributed by atoms with van der Waals surface area (Å²) >= 11 is 0. The molecule has 0 saturated carbocycles. The van der Waals surface area contributed by atoms with Crippen LogP contribution in [0.1, 0.15) is 44.6 Å². The Hall–Kier alpha value is -1.41. The molecule has 0 radical (unpaired) electrons. The maximum absolute atomic E-state index is 12.1. The molecule has 25 heavy (non-hydrogen) atoms. The molecule has 2 heterocycles. The zero-order valence-corrected chi connectivity index (χ0v) is 15.4. The maximum atomic E-state index is 12.1. The standard InChI is InChI=1S/C18H26O6S/c1-3-13-11-25(22,23)17(10-20)18(13)16(21)7-4-12(2)8-14-5-6-15(9-19)24-14/h5-6,8,16-17,19-21H,3-4,7,9-11H2,1-2H3/b12-8+/t16-,17+/m1/s1. The molecule has 1 aliphatic rings. The van der Waals surface area contributed by atoms with Crippen LogP contribution in [0.25, 0.3) is 6.08 Å². The Balaban J connectivity index is 2.06. The highest BCUT2D eigenvalue weighted by molar-refractivity contribution is 7.92. The largest absolute Gasteiger partial charge is 0.459 e. The highest BCUT2D eigenvalue weighted by Gasteiger charge is 2.40. The van der Waals surface area contributed by atoms with Crippen LogP contribution in [0.2, 0.25) is 0 Å². The minimum Gasteiger partial charge on any atom is -0.459 e. The zero-order chi connectivity index (χ0) is 18.6. The SMILES string of the molecule is CCC1=C([C@H](O)CC/C(C)=C/c2ccc(CO)o2)[C@H](CO)S(=O)(=O)C1. The molecule has 0 unspecified atom stereocenters. The second-order valence-corrected chi connectivity index (χ2v) is 8.58. The minimum atomic E-state index is -3.42. The fraction of sp³-hybridized carbons (Fsp3) is 0.556. The molecule has 0 spiro atoms. The lowest BCUT2D eigenvalue weighted by Crippen LogP contribution is -2.29. The first-order valence-electron chi connectivity index (χ1n) is 8.41. The molecule has 1 aromatic rings. The van der Waals surface area contributed by atoms with Gasteiger partial charge in [0.2, 0.25) is 0 Å². The lowest BCUT2D eigenvalue weighted by Gasteiger charge is -2.19. The van der Waals surface area contributed by atoms with Crippen LogP contribution in [0.5, 0.6) is 0 Å². The van der Waals surface area contributed by atoms with Crippen molar-refractivity contribution < 1.29 is 28.2 Å². The van der Waals surface area contributed by atoms with Crippen molar-refractivity contribution in [2.75, 3.05) is 12.4 Å². The summed E-state index contributed by atoms with van der Waals surface area (Å²) in [4.78, 5) is 0. The van der Waals surface area contributed by atoms with Gasteiger partial charge in [-0.1, -0.05) is 18.1 Å². The van der Waals surface area contributed by atoms with Gasteiger partial charge in [0.05, 0.1) is 18.5 Å². The van der Waals surface area contributed by atoms with Crippen molar-refractivity contribution in [3.05, 3.63) is 40.4 Å². The Kier molecular flexibility index (Phi) is 6.62. The first-order valence-corrected chi connectivity index (χ1v) is 10.1. The summed E-state index contributed by atoms with van der Waals surface area (Å²) in [6.45, 7) is 3.11. The van der Waals surface area contributed by atoms with Crippen molar-refractivity contribution in [2.45, 2.75) is 51.1 Å². The average molecular weight is 370 g/mol. The molecule has 7 heteroatoms. The van der Waals surface area contributed by atoms with Crippen LogP contribution in [0.15, 0.2) is 33.3 Å². The van der Waals surface area contributed by atoms with Crippen LogP contribution in [-0.2, 0) is 16.4 Å². The van der Waals surface area contributed by atoms with Gasteiger partial charge in [-0.2, -0.15) is 0 Å². The summed E-state index contributed by atoms with van der Waals surface area (Å²) in [5.74, 6) is 1.03. The molecule has 0 saturated heterocycles. The Morgan fingerprint density at radius 1 is 1.40 bits per heavy atom. The van der Waals surface area contributed by atoms with Crippen LogP contribution >= 0.6 is 0 Å². The molecule has 2 atom stereocenters. The molecule has 3 N–H and O–H groups in total. The Labute approximate surface area is 148 Å². The van der Waals surface area contributed by atoms with E-state index < -0.39 is 27.8 Å². The first kappa shape index (κ1) is 19.9. The quantitative estimate of drug-likeness (QED) is 0.602. The molecule has 0 fully saturated rings. The Morgan fingerprint density at radius 2 is 2.12 bits per heavy atom. The molecule has 0 aromatic carbocycles. The molecular formula is C18H26O6S. The van der Waals surface area contributed by atoms with Crippen molar-refractivity contribution in [3.63, 3.8) is 0 Å². The number of aliphatic hydroxyl groups is 3. The second kappa shape index (κ2) is 8.31. The van der Waals surface area contributed by atoms with E-state index in [4.69, 9.17) is 9.52 Å². The third-order valence-corrected chi connectivity index (χ3v) is 6.58. The molecule has 0 bridgehead atoms. The number of furan rings is 1. The lowest BCUT2D eigenvalue weighted by atomic mass is 9.94. The predicted molar refractivity (Wildman–Crippen MR) is 95.5 cm³/mol. The number of hydrogen-bond acceptors (Lipinski definition) is 6. The van der Waals surface area contributed by atoms with E-state index in [1.54, 1.807) is 12.1 Å². The van der Waals surface area contributed by atoms with Gasteiger partial charge in [-0.25, -0.2) is 8.42 Å². The van der Waals surface area contributed by atoms with Crippen LogP contribution in [-0.4, -0.2) is 47.5 Å². The number of hydrogen-bond donors (Lipinski definition) is 3. The summed E-state index contributed by atoms with van der Waals surface area (Å²) in [6, 6.07) is 3.45. The monoisotopic (exact) mass is 370 g/mol. The smallest absolute Gasteiger partial charge is 0.163 e. The Bertz CT molecular complexity index is 756. The summed E-state index contributed by atoms with van der Waals surface area (Å²) in [6.07, 6.45) is 2.43. The normalized spacial score (nSPS) is 21.8. The third-order valence-electron chi connectivity index (χ3n) is 4.55. The Morgan fingerprint density at radius 3 is 2.68 bits per heavy atom. The molecule has 1 aliphatic heterocycles. The van der Waals surface area contributed by atoms with Gasteiger partial charge < -0.3 is 19.7 Å². The van der Waals surface area contributed by atoms with Crippen molar-refractivity contribution in [1.29, 1.82) is 0 Å². The summed E-state index contributed by atoms with van der Waals surface area (Å²) < 4.78 is 29.7. The van der Waals surface area contributed by atoms with Gasteiger partial charge in [0.15, 0.2) is 9.84 Å². The topological polar surface area (TPSA) is 108 Å². The van der Waals surface area contributed by atoms with Crippen molar-refractivity contribution in [3.8, 4) is 0 Å². The number of allylic oxidation sites excluding steroid dienone is 1. The van der Waals surface area contributed by atoms with E-state index in [2.05, 4.69) is 0 Å². The number of sulfone groups is 1. The molecule has 0 amide bonds. The second-order valence-electron chi connectivity index (χ2n) is 6.40. The van der Waals surface area contributed by atoms with Crippen LogP contribution in [0, 0.1) is 0 Å². The van der Waals surface area contributed by atoms with E-state index in [1.807, 2.05) is 19.9 Å². The number of rotatable bonds is 8. The molecule has 6 nitrogen and oxygen atoms in total. The highest BCUT2D eigenvalue weighted by Crippen LogP contribution is 2.33. The van der Waals surface area contributed by atoms with E-state index in [-0.39, 0.29) is 12.4 Å². The number of aliphatic hydroxyl groups excluding tert-OH is 3. The van der Waals surface area contributed by atoms with Crippen molar-refractivity contribution >= 4 is 15.9 Å². The van der Waals surface area contributed by atoms with Gasteiger partial charge in [-0.3, -0.25) is 0 Å². The van der Waals surface area contributed by atoms with Crippen LogP contribution in [0.4, 0.5) is 0 Å². The molecule has 1 aromatic heterocycles. The molecule has 140 valence electrons. The van der Waals surface area contributed by atoms with Gasteiger partial charge >= 0.3 is 0 Å². The zero-order valence-electron chi connectivity index (χ0n) is 14.6.